The summed E-state index contributed by atoms with van der Waals surface area (Å²) in [5.74, 6) is 0.952. The number of piperazine rings is 1. The molecule has 0 atom stereocenters. The molecule has 0 spiro atoms. The van der Waals surface area contributed by atoms with Gasteiger partial charge in [-0.1, -0.05) is 41.9 Å². The van der Waals surface area contributed by atoms with Gasteiger partial charge in [0.1, 0.15) is 12.4 Å². The normalized spacial score (nSPS) is 17.8. The van der Waals surface area contributed by atoms with Gasteiger partial charge in [-0.2, -0.15) is 0 Å². The van der Waals surface area contributed by atoms with Crippen molar-refractivity contribution in [1.29, 1.82) is 0 Å². The summed E-state index contributed by atoms with van der Waals surface area (Å²) in [5, 5.41) is 0.648. The van der Waals surface area contributed by atoms with Crippen molar-refractivity contribution in [3.8, 4) is 5.75 Å². The lowest BCUT2D eigenvalue weighted by Gasteiger charge is -2.36. The first-order valence-electron chi connectivity index (χ1n) is 10.4. The van der Waals surface area contributed by atoms with E-state index in [0.717, 1.165) is 63.5 Å². The average Bonchev–Trinajstić information content (AvgIpc) is 2.76. The van der Waals surface area contributed by atoms with Crippen LogP contribution in [0.15, 0.2) is 48.5 Å². The van der Waals surface area contributed by atoms with Crippen LogP contribution in [0.1, 0.15) is 12.0 Å². The fourth-order valence-electron chi connectivity index (χ4n) is 4.09. The van der Waals surface area contributed by atoms with Gasteiger partial charge in [0.05, 0.1) is 11.6 Å². The molecule has 0 aromatic heterocycles. The largest absolute Gasteiger partial charge is 0.491 e. The molecule has 2 aliphatic heterocycles. The maximum atomic E-state index is 12.9. The van der Waals surface area contributed by atoms with Crippen molar-refractivity contribution in [2.75, 3.05) is 57.3 Å². The van der Waals surface area contributed by atoms with Crippen molar-refractivity contribution in [3.63, 3.8) is 0 Å². The van der Waals surface area contributed by atoms with E-state index in [9.17, 15) is 4.79 Å². The Hall–Kier alpha value is -2.08. The van der Waals surface area contributed by atoms with Gasteiger partial charge in [0.2, 0.25) is 5.91 Å². The van der Waals surface area contributed by atoms with Gasteiger partial charge in [0.25, 0.3) is 0 Å². The Kier molecular flexibility index (Phi) is 6.70. The smallest absolute Gasteiger partial charge is 0.241 e. The monoisotopic (exact) mass is 413 g/mol. The highest BCUT2D eigenvalue weighted by Gasteiger charge is 2.25. The number of ether oxygens (including phenoxy) is 1. The zero-order valence-corrected chi connectivity index (χ0v) is 17.5. The molecule has 6 heteroatoms. The second kappa shape index (κ2) is 9.61. The van der Waals surface area contributed by atoms with Crippen LogP contribution in [-0.4, -0.2) is 68.1 Å². The second-order valence-corrected chi connectivity index (χ2v) is 8.08. The first kappa shape index (κ1) is 20.2. The number of nitrogens with zero attached hydrogens (tertiary/aromatic N) is 3. The summed E-state index contributed by atoms with van der Waals surface area (Å²) in [5.41, 5.74) is 2.38. The Balaban J connectivity index is 1.21. The fourth-order valence-corrected chi connectivity index (χ4v) is 4.28. The molecule has 1 fully saturated rings. The zero-order valence-electron chi connectivity index (χ0n) is 16.7. The Morgan fingerprint density at radius 3 is 2.48 bits per heavy atom. The molecule has 0 unspecified atom stereocenters. The van der Waals surface area contributed by atoms with E-state index in [0.29, 0.717) is 18.2 Å². The maximum Gasteiger partial charge on any atom is 0.241 e. The molecular formula is C23H28ClN3O2. The highest BCUT2D eigenvalue weighted by molar-refractivity contribution is 6.32. The van der Waals surface area contributed by atoms with Crippen molar-refractivity contribution in [3.05, 3.63) is 59.1 Å². The Labute approximate surface area is 177 Å². The predicted octanol–water partition coefficient (Wildman–Crippen LogP) is 3.32. The van der Waals surface area contributed by atoms with Gasteiger partial charge in [0, 0.05) is 45.0 Å². The highest BCUT2D eigenvalue weighted by Crippen LogP contribution is 2.27. The van der Waals surface area contributed by atoms with Crippen molar-refractivity contribution in [1.82, 2.24) is 9.80 Å². The second-order valence-electron chi connectivity index (χ2n) is 7.67. The van der Waals surface area contributed by atoms with Crippen LogP contribution < -0.4 is 9.64 Å². The van der Waals surface area contributed by atoms with E-state index < -0.39 is 0 Å². The molecule has 2 aromatic carbocycles. The molecule has 2 heterocycles. The summed E-state index contributed by atoms with van der Waals surface area (Å²) in [6, 6.07) is 15.9. The van der Waals surface area contributed by atoms with Gasteiger partial charge in [-0.05, 0) is 36.6 Å². The van der Waals surface area contributed by atoms with E-state index in [1.54, 1.807) is 0 Å². The minimum absolute atomic E-state index is 0.215. The van der Waals surface area contributed by atoms with Gasteiger partial charge >= 0.3 is 0 Å². The van der Waals surface area contributed by atoms with Crippen molar-refractivity contribution >= 4 is 23.2 Å². The molecule has 2 aromatic rings. The number of fused-ring (bicyclic) bond motifs is 1. The number of carbonyl (C=O) groups is 1. The van der Waals surface area contributed by atoms with Crippen molar-refractivity contribution in [2.24, 2.45) is 0 Å². The topological polar surface area (TPSA) is 36.0 Å². The number of rotatable bonds is 6. The summed E-state index contributed by atoms with van der Waals surface area (Å²) in [7, 11) is 0. The summed E-state index contributed by atoms with van der Waals surface area (Å²) in [4.78, 5) is 19.5. The number of aryl methyl sites for hydroxylation is 1. The quantitative estimate of drug-likeness (QED) is 0.727. The van der Waals surface area contributed by atoms with Crippen LogP contribution in [0, 0.1) is 0 Å². The van der Waals surface area contributed by atoms with Gasteiger partial charge in [-0.3, -0.25) is 14.6 Å². The zero-order chi connectivity index (χ0) is 20.1. The van der Waals surface area contributed by atoms with Crippen LogP contribution in [-0.2, 0) is 11.2 Å². The molecule has 0 bridgehead atoms. The Morgan fingerprint density at radius 2 is 1.66 bits per heavy atom. The van der Waals surface area contributed by atoms with E-state index in [2.05, 4.69) is 28.0 Å². The third kappa shape index (κ3) is 5.10. The number of benzene rings is 2. The third-order valence-corrected chi connectivity index (χ3v) is 6.05. The summed E-state index contributed by atoms with van der Waals surface area (Å²) in [6.45, 7) is 6.54. The molecule has 5 nitrogen and oxygen atoms in total. The van der Waals surface area contributed by atoms with Crippen LogP contribution in [0.4, 0.5) is 5.69 Å². The number of para-hydroxylation sites is 2. The summed E-state index contributed by atoms with van der Waals surface area (Å²) < 4.78 is 5.80. The fraction of sp³-hybridized carbons (Fsp3) is 0.435. The standard InChI is InChI=1S/C23H28ClN3O2/c24-20-8-2-4-10-22(20)29-17-16-25-12-14-26(15-13-25)18-23(28)27-11-5-7-19-6-1-3-9-21(19)27/h1-4,6,8-10H,5,7,11-18H2. The number of halogens is 1. The molecule has 0 aliphatic carbocycles. The van der Waals surface area contributed by atoms with Crippen molar-refractivity contribution < 1.29 is 9.53 Å². The lowest BCUT2D eigenvalue weighted by atomic mass is 10.0. The lowest BCUT2D eigenvalue weighted by molar-refractivity contribution is -0.120. The molecule has 4 rings (SSSR count). The van der Waals surface area contributed by atoms with E-state index in [4.69, 9.17) is 16.3 Å². The molecule has 0 radical (unpaired) electrons. The van der Waals surface area contributed by atoms with Gasteiger partial charge < -0.3 is 9.64 Å². The Bertz CT molecular complexity index is 836. The molecule has 1 amide bonds. The van der Waals surface area contributed by atoms with Crippen LogP contribution in [0.5, 0.6) is 5.75 Å². The van der Waals surface area contributed by atoms with Crippen LogP contribution >= 0.6 is 11.6 Å². The van der Waals surface area contributed by atoms with Crippen LogP contribution in [0.2, 0.25) is 5.02 Å². The van der Waals surface area contributed by atoms with E-state index in [-0.39, 0.29) is 5.91 Å². The third-order valence-electron chi connectivity index (χ3n) is 5.74. The number of carbonyl (C=O) groups excluding carboxylic acids is 1. The number of hydrogen-bond donors (Lipinski definition) is 0. The molecule has 29 heavy (non-hydrogen) atoms. The minimum Gasteiger partial charge on any atom is -0.491 e. The average molecular weight is 414 g/mol. The minimum atomic E-state index is 0.215. The first-order valence-corrected chi connectivity index (χ1v) is 10.8. The van der Waals surface area contributed by atoms with Gasteiger partial charge in [-0.25, -0.2) is 0 Å². The number of hydrogen-bond acceptors (Lipinski definition) is 4. The molecular weight excluding hydrogens is 386 g/mol. The van der Waals surface area contributed by atoms with E-state index in [1.165, 1.54) is 5.56 Å². The van der Waals surface area contributed by atoms with Gasteiger partial charge in [-0.15, -0.1) is 0 Å². The highest BCUT2D eigenvalue weighted by atomic mass is 35.5. The SMILES string of the molecule is O=C(CN1CCN(CCOc2ccccc2Cl)CC1)N1CCCc2ccccc21. The lowest BCUT2D eigenvalue weighted by Crippen LogP contribution is -2.51. The number of amides is 1. The number of anilines is 1. The molecule has 2 aliphatic rings. The van der Waals surface area contributed by atoms with Gasteiger partial charge in [0.15, 0.2) is 0 Å². The first-order chi connectivity index (χ1) is 14.2. The van der Waals surface area contributed by atoms with Crippen LogP contribution in [0.25, 0.3) is 0 Å². The maximum absolute atomic E-state index is 12.9. The van der Waals surface area contributed by atoms with Crippen LogP contribution in [0.3, 0.4) is 0 Å². The van der Waals surface area contributed by atoms with Crippen molar-refractivity contribution in [2.45, 2.75) is 12.8 Å². The summed E-state index contributed by atoms with van der Waals surface area (Å²) >= 11 is 6.13. The molecule has 0 N–H and O–H groups in total. The molecule has 0 saturated carbocycles. The van der Waals surface area contributed by atoms with E-state index >= 15 is 0 Å². The Morgan fingerprint density at radius 1 is 0.931 bits per heavy atom. The molecule has 1 saturated heterocycles. The van der Waals surface area contributed by atoms with E-state index in [1.807, 2.05) is 35.2 Å². The molecule has 154 valence electrons. The summed E-state index contributed by atoms with van der Waals surface area (Å²) in [6.07, 6.45) is 2.11. The predicted molar refractivity (Wildman–Crippen MR) is 117 cm³/mol.